The van der Waals surface area contributed by atoms with E-state index in [-0.39, 0.29) is 18.6 Å². The van der Waals surface area contributed by atoms with Gasteiger partial charge in [-0.1, -0.05) is 0 Å². The fourth-order valence-corrected chi connectivity index (χ4v) is 3.09. The molecule has 0 radical (unpaired) electrons. The zero-order valence-electron chi connectivity index (χ0n) is 5.15. The van der Waals surface area contributed by atoms with E-state index in [1.807, 2.05) is 0 Å². The third-order valence-electron chi connectivity index (χ3n) is 1.18. The molecule has 0 unspecified atom stereocenters. The molecule has 0 atom stereocenters. The summed E-state index contributed by atoms with van der Waals surface area (Å²) in [5.74, 6) is 0. The van der Waals surface area contributed by atoms with Crippen molar-refractivity contribution in [3.63, 3.8) is 0 Å². The molecular weight excluding hydrogens is 180 g/mol. The number of rotatable bonds is 2. The molecule has 8 heavy (non-hydrogen) atoms. The molecule has 1 heteroatoms. The fourth-order valence-electron chi connectivity index (χ4n) is 0.805. The van der Waals surface area contributed by atoms with Gasteiger partial charge in [-0.3, -0.25) is 0 Å². The van der Waals surface area contributed by atoms with Crippen molar-refractivity contribution in [3.05, 3.63) is 22.2 Å². The van der Waals surface area contributed by atoms with Crippen LogP contribution in [-0.2, 0) is 18.6 Å². The summed E-state index contributed by atoms with van der Waals surface area (Å²) in [6, 6.07) is 0. The number of allylic oxidation sites excluding steroid dienone is 4. The van der Waals surface area contributed by atoms with E-state index in [4.69, 9.17) is 0 Å². The van der Waals surface area contributed by atoms with Crippen molar-refractivity contribution in [3.8, 4) is 0 Å². The van der Waals surface area contributed by atoms with Gasteiger partial charge in [-0.2, -0.15) is 0 Å². The van der Waals surface area contributed by atoms with E-state index in [0.717, 1.165) is 0 Å². The standard InChI is InChI=1S/C5H5.C2H5.Mo.2H/c1-2-4-5-3-1;1-2;;;/h1-3H,4H2;1H2,2H3;;;. The summed E-state index contributed by atoms with van der Waals surface area (Å²) in [7, 11) is 0. The summed E-state index contributed by atoms with van der Waals surface area (Å²) in [5, 5.41) is 0. The molecule has 0 bridgehead atoms. The maximum atomic E-state index is 2.30. The first kappa shape index (κ1) is 6.29. The zero-order valence-corrected chi connectivity index (χ0v) is 7.60. The van der Waals surface area contributed by atoms with Crippen LogP contribution in [0.1, 0.15) is 13.3 Å². The van der Waals surface area contributed by atoms with Crippen molar-refractivity contribution >= 4 is 0 Å². The summed E-state index contributed by atoms with van der Waals surface area (Å²) in [4.78, 5) is 1.46. The third kappa shape index (κ3) is 1.59. The predicted molar refractivity (Wildman–Crippen MR) is 35.1 cm³/mol. The minimum absolute atomic E-state index is 0.0469. The first-order valence-corrected chi connectivity index (χ1v) is 5.99. The summed E-state index contributed by atoms with van der Waals surface area (Å²) in [6.07, 6.45) is 8.02. The first-order chi connectivity index (χ1) is 3.93. The second-order valence-electron chi connectivity index (χ2n) is 1.85. The molecule has 1 aliphatic carbocycles. The van der Waals surface area contributed by atoms with E-state index in [2.05, 4.69) is 25.2 Å². The van der Waals surface area contributed by atoms with Crippen molar-refractivity contribution in [1.82, 2.24) is 0 Å². The van der Waals surface area contributed by atoms with Crippen molar-refractivity contribution < 1.29 is 18.6 Å². The molecule has 0 saturated heterocycles. The molecule has 0 aromatic carbocycles. The first-order valence-electron chi connectivity index (χ1n) is 3.03. The van der Waals surface area contributed by atoms with Gasteiger partial charge in [-0.25, -0.2) is 0 Å². The molecule has 1 aliphatic rings. The van der Waals surface area contributed by atoms with Crippen LogP contribution in [0.3, 0.4) is 0 Å². The molecule has 0 fully saturated rings. The molecule has 0 saturated carbocycles. The Labute approximate surface area is 59.2 Å². The van der Waals surface area contributed by atoms with Gasteiger partial charge in [-0.15, -0.1) is 0 Å². The fraction of sp³-hybridized carbons (Fsp3) is 0.429. The van der Waals surface area contributed by atoms with Crippen molar-refractivity contribution in [2.45, 2.75) is 18.2 Å². The minimum atomic E-state index is -0.0469. The summed E-state index contributed by atoms with van der Waals surface area (Å²) in [6.45, 7) is 2.30. The second-order valence-corrected chi connectivity index (χ2v) is 6.04. The zero-order chi connectivity index (χ0) is 5.82. The van der Waals surface area contributed by atoms with Crippen LogP contribution in [-0.4, -0.2) is 0 Å². The van der Waals surface area contributed by atoms with Gasteiger partial charge in [0.2, 0.25) is 0 Å². The molecule has 0 aliphatic heterocycles. The van der Waals surface area contributed by atoms with Crippen LogP contribution in [0.4, 0.5) is 0 Å². The van der Waals surface area contributed by atoms with Gasteiger partial charge in [0.05, 0.1) is 0 Å². The molecule has 0 aromatic heterocycles. The van der Waals surface area contributed by atoms with Crippen LogP contribution in [0.15, 0.2) is 22.2 Å². The van der Waals surface area contributed by atoms with Crippen molar-refractivity contribution in [2.24, 2.45) is 0 Å². The Balaban J connectivity index is 2.28. The van der Waals surface area contributed by atoms with Gasteiger partial charge in [0, 0.05) is 0 Å². The van der Waals surface area contributed by atoms with E-state index >= 15 is 0 Å². The van der Waals surface area contributed by atoms with Crippen molar-refractivity contribution in [2.75, 3.05) is 0 Å². The van der Waals surface area contributed by atoms with Crippen molar-refractivity contribution in [1.29, 1.82) is 0 Å². The van der Waals surface area contributed by atoms with Crippen LogP contribution in [0.2, 0.25) is 4.81 Å². The molecule has 0 nitrogen and oxygen atoms in total. The topological polar surface area (TPSA) is 0 Å². The van der Waals surface area contributed by atoms with E-state index < -0.39 is 0 Å². The summed E-state index contributed by atoms with van der Waals surface area (Å²) >= 11 is -0.0469. The monoisotopic (exact) mass is 194 g/mol. The number of hydrogen-bond acceptors (Lipinski definition) is 0. The Morgan fingerprint density at radius 1 is 1.75 bits per heavy atom. The van der Waals surface area contributed by atoms with E-state index in [0.29, 0.717) is 0 Å². The molecule has 0 aromatic rings. The Kier molecular flexibility index (Phi) is 2.55. The molecule has 0 amide bonds. The normalized spacial score (nSPS) is 19.4. The molecular formula is C7H12Mo. The quantitative estimate of drug-likeness (QED) is 0.585. The van der Waals surface area contributed by atoms with E-state index in [1.165, 1.54) is 11.2 Å². The van der Waals surface area contributed by atoms with E-state index in [1.54, 1.807) is 3.96 Å². The Morgan fingerprint density at radius 2 is 2.62 bits per heavy atom. The van der Waals surface area contributed by atoms with Gasteiger partial charge in [0.15, 0.2) is 0 Å². The van der Waals surface area contributed by atoms with Gasteiger partial charge >= 0.3 is 58.9 Å². The maximum absolute atomic E-state index is 2.30. The Bertz CT molecular complexity index is 122. The molecule has 0 N–H and O–H groups in total. The Hall–Kier alpha value is 0.168. The predicted octanol–water partition coefficient (Wildman–Crippen LogP) is 1.82. The molecule has 0 spiro atoms. The van der Waals surface area contributed by atoms with Crippen LogP contribution in [0.5, 0.6) is 0 Å². The molecule has 46 valence electrons. The molecule has 1 rings (SSSR count). The van der Waals surface area contributed by atoms with Crippen LogP contribution < -0.4 is 0 Å². The average molecular weight is 192 g/mol. The summed E-state index contributed by atoms with van der Waals surface area (Å²) < 4.78 is 1.76. The molecule has 0 heterocycles. The Morgan fingerprint density at radius 3 is 3.12 bits per heavy atom. The van der Waals surface area contributed by atoms with Crippen LogP contribution in [0.25, 0.3) is 0 Å². The summed E-state index contributed by atoms with van der Waals surface area (Å²) in [5.41, 5.74) is 0. The van der Waals surface area contributed by atoms with Gasteiger partial charge in [-0.05, 0) is 0 Å². The van der Waals surface area contributed by atoms with Gasteiger partial charge < -0.3 is 0 Å². The van der Waals surface area contributed by atoms with Crippen LogP contribution >= 0.6 is 0 Å². The van der Waals surface area contributed by atoms with Crippen LogP contribution in [0, 0.1) is 0 Å². The SMILES string of the molecule is C[CH2][MoH2][C]1=CC=CC1. The number of hydrogen-bond donors (Lipinski definition) is 0. The third-order valence-corrected chi connectivity index (χ3v) is 4.07. The second kappa shape index (κ2) is 3.24. The average Bonchev–Trinajstić information content (AvgIpc) is 2.19. The van der Waals surface area contributed by atoms with Gasteiger partial charge in [0.1, 0.15) is 0 Å². The van der Waals surface area contributed by atoms with E-state index in [9.17, 15) is 0 Å². The van der Waals surface area contributed by atoms with Gasteiger partial charge in [0.25, 0.3) is 0 Å².